The summed E-state index contributed by atoms with van der Waals surface area (Å²) < 4.78 is 41.8. The molecular weight excluding hydrogens is 421 g/mol. The third kappa shape index (κ3) is 3.00. The molecule has 0 saturated carbocycles. The van der Waals surface area contributed by atoms with Gasteiger partial charge in [-0.2, -0.15) is 0 Å². The Balaban J connectivity index is 1.62. The van der Waals surface area contributed by atoms with Crippen LogP contribution in [0.1, 0.15) is 33.4 Å². The van der Waals surface area contributed by atoms with Gasteiger partial charge in [-0.15, -0.1) is 0 Å². The fourth-order valence-corrected chi connectivity index (χ4v) is 4.45. The van der Waals surface area contributed by atoms with E-state index in [0.717, 1.165) is 12.1 Å². The average Bonchev–Trinajstić information content (AvgIpc) is 3.21. The van der Waals surface area contributed by atoms with E-state index in [9.17, 15) is 22.8 Å². The number of carbonyl (C=O) groups excluding carboxylic acids is 1. The van der Waals surface area contributed by atoms with Crippen LogP contribution in [0.3, 0.4) is 0 Å². The molecule has 6 nitrogen and oxygen atoms in total. The van der Waals surface area contributed by atoms with Crippen molar-refractivity contribution >= 4 is 27.6 Å². The summed E-state index contributed by atoms with van der Waals surface area (Å²) in [6, 6.07) is 5.83. The van der Waals surface area contributed by atoms with Crippen molar-refractivity contribution in [1.82, 2.24) is 20.2 Å². The van der Waals surface area contributed by atoms with Crippen molar-refractivity contribution in [2.45, 2.75) is 19.5 Å². The van der Waals surface area contributed by atoms with Crippen molar-refractivity contribution in [3.05, 3.63) is 80.7 Å². The van der Waals surface area contributed by atoms with Crippen LogP contribution in [-0.2, 0) is 6.54 Å². The van der Waals surface area contributed by atoms with Gasteiger partial charge in [0.2, 0.25) is 0 Å². The third-order valence-electron chi connectivity index (χ3n) is 6.18. The SMILES string of the molecule is Cc1c(F)ccc2[nH]c(C(=O)N(C)C3CNCc4[nH]c(=O)c5cc(F)c(F)cc5c43)cc12. The molecule has 0 radical (unpaired) electrons. The summed E-state index contributed by atoms with van der Waals surface area (Å²) in [4.78, 5) is 32.9. The lowest BCUT2D eigenvalue weighted by Gasteiger charge is -2.34. The Bertz CT molecular complexity index is 1470. The van der Waals surface area contributed by atoms with Crippen molar-refractivity contribution in [3.63, 3.8) is 0 Å². The first-order valence-electron chi connectivity index (χ1n) is 10.1. The van der Waals surface area contributed by atoms with Crippen molar-refractivity contribution in [2.24, 2.45) is 0 Å². The fraction of sp³-hybridized carbons (Fsp3) is 0.217. The van der Waals surface area contributed by atoms with Gasteiger partial charge in [-0.25, -0.2) is 13.2 Å². The van der Waals surface area contributed by atoms with Gasteiger partial charge in [0.15, 0.2) is 11.6 Å². The highest BCUT2D eigenvalue weighted by Crippen LogP contribution is 2.33. The molecular formula is C23H19F3N4O2. The standard InChI is InChI=1S/C23H19F3N4O2/c1-10-11-7-18(28-17(11)4-3-14(10)24)23(32)30(2)20-9-27-8-19-21(20)12-5-15(25)16(26)6-13(12)22(31)29-19/h3-7,20,27-28H,8-9H2,1-2H3,(H,29,31). The van der Waals surface area contributed by atoms with Gasteiger partial charge in [-0.3, -0.25) is 9.59 Å². The molecule has 5 rings (SSSR count). The molecule has 4 aromatic rings. The Hall–Kier alpha value is -3.59. The monoisotopic (exact) mass is 440 g/mol. The van der Waals surface area contributed by atoms with Crippen LogP contribution in [0.5, 0.6) is 0 Å². The lowest BCUT2D eigenvalue weighted by Crippen LogP contribution is -2.42. The molecule has 164 valence electrons. The molecule has 32 heavy (non-hydrogen) atoms. The topological polar surface area (TPSA) is 81.0 Å². The molecule has 9 heteroatoms. The summed E-state index contributed by atoms with van der Waals surface area (Å²) in [6.07, 6.45) is 0. The van der Waals surface area contributed by atoms with E-state index in [0.29, 0.717) is 40.8 Å². The summed E-state index contributed by atoms with van der Waals surface area (Å²) >= 11 is 0. The molecule has 3 N–H and O–H groups in total. The van der Waals surface area contributed by atoms with E-state index >= 15 is 0 Å². The highest BCUT2D eigenvalue weighted by Gasteiger charge is 2.31. The van der Waals surface area contributed by atoms with Gasteiger partial charge in [0.05, 0.1) is 11.4 Å². The summed E-state index contributed by atoms with van der Waals surface area (Å²) in [5, 5.41) is 4.04. The number of H-pyrrole nitrogens is 2. The number of hydrogen-bond donors (Lipinski definition) is 3. The number of aryl methyl sites for hydroxylation is 1. The second kappa shape index (κ2) is 7.23. The molecule has 1 unspecified atom stereocenters. The highest BCUT2D eigenvalue weighted by atomic mass is 19.2. The normalized spacial score (nSPS) is 15.8. The minimum atomic E-state index is -1.11. The molecule has 0 fully saturated rings. The largest absolute Gasteiger partial charge is 0.351 e. The molecule has 1 amide bonds. The molecule has 0 aliphatic carbocycles. The summed E-state index contributed by atoms with van der Waals surface area (Å²) in [5.74, 6) is -2.90. The van der Waals surface area contributed by atoms with E-state index in [4.69, 9.17) is 0 Å². The third-order valence-corrected chi connectivity index (χ3v) is 6.18. The zero-order valence-electron chi connectivity index (χ0n) is 17.3. The average molecular weight is 440 g/mol. The number of nitrogens with zero attached hydrogens (tertiary/aromatic N) is 1. The number of carbonyl (C=O) groups is 1. The maximum Gasteiger partial charge on any atom is 0.270 e. The van der Waals surface area contributed by atoms with Gasteiger partial charge in [0.25, 0.3) is 11.5 Å². The van der Waals surface area contributed by atoms with Crippen LogP contribution in [-0.4, -0.2) is 34.4 Å². The van der Waals surface area contributed by atoms with Crippen molar-refractivity contribution in [1.29, 1.82) is 0 Å². The highest BCUT2D eigenvalue weighted by molar-refractivity contribution is 5.99. The zero-order valence-corrected chi connectivity index (χ0v) is 17.3. The number of nitrogens with one attached hydrogen (secondary N) is 3. The van der Waals surface area contributed by atoms with Crippen molar-refractivity contribution < 1.29 is 18.0 Å². The molecule has 1 aliphatic heterocycles. The summed E-state index contributed by atoms with van der Waals surface area (Å²) in [7, 11) is 1.60. The second-order valence-corrected chi connectivity index (χ2v) is 8.04. The van der Waals surface area contributed by atoms with Crippen LogP contribution in [0.4, 0.5) is 13.2 Å². The minimum absolute atomic E-state index is 0.0205. The van der Waals surface area contributed by atoms with E-state index in [1.807, 2.05) is 0 Å². The van der Waals surface area contributed by atoms with Crippen LogP contribution < -0.4 is 10.9 Å². The number of likely N-dealkylation sites (N-methyl/N-ethyl adjacent to an activating group) is 1. The number of halogens is 3. The lowest BCUT2D eigenvalue weighted by atomic mass is 9.93. The molecule has 3 heterocycles. The van der Waals surface area contributed by atoms with Crippen LogP contribution >= 0.6 is 0 Å². The summed E-state index contributed by atoms with van der Waals surface area (Å²) in [5.41, 5.74) is 1.89. The van der Waals surface area contributed by atoms with Crippen molar-refractivity contribution in [3.8, 4) is 0 Å². The van der Waals surface area contributed by atoms with Crippen molar-refractivity contribution in [2.75, 3.05) is 13.6 Å². The Morgan fingerprint density at radius 2 is 1.72 bits per heavy atom. The molecule has 2 aromatic carbocycles. The zero-order chi connectivity index (χ0) is 22.7. The lowest BCUT2D eigenvalue weighted by molar-refractivity contribution is 0.0718. The quantitative estimate of drug-likeness (QED) is 0.445. The maximum absolute atomic E-state index is 14.1. The Morgan fingerprint density at radius 3 is 2.47 bits per heavy atom. The van der Waals surface area contributed by atoms with Gasteiger partial charge in [-0.05, 0) is 48.2 Å². The van der Waals surface area contributed by atoms with E-state index in [1.54, 1.807) is 26.1 Å². The smallest absolute Gasteiger partial charge is 0.270 e. The van der Waals surface area contributed by atoms with Gasteiger partial charge < -0.3 is 20.2 Å². The van der Waals surface area contributed by atoms with Gasteiger partial charge in [0, 0.05) is 42.3 Å². The number of aromatic amines is 2. The van der Waals surface area contributed by atoms with E-state index in [-0.39, 0.29) is 28.2 Å². The van der Waals surface area contributed by atoms with Gasteiger partial charge in [-0.1, -0.05) is 0 Å². The first kappa shape index (κ1) is 20.3. The van der Waals surface area contributed by atoms with E-state index in [2.05, 4.69) is 15.3 Å². The minimum Gasteiger partial charge on any atom is -0.351 e. The number of rotatable bonds is 2. The van der Waals surface area contributed by atoms with Crippen LogP contribution in [0.15, 0.2) is 35.1 Å². The number of hydrogen-bond acceptors (Lipinski definition) is 3. The van der Waals surface area contributed by atoms with Crippen LogP contribution in [0.25, 0.3) is 21.7 Å². The number of pyridine rings is 1. The fourth-order valence-electron chi connectivity index (χ4n) is 4.45. The second-order valence-electron chi connectivity index (χ2n) is 8.04. The number of benzene rings is 2. The first-order chi connectivity index (χ1) is 15.3. The van der Waals surface area contributed by atoms with Crippen LogP contribution in [0.2, 0.25) is 0 Å². The van der Waals surface area contributed by atoms with E-state index in [1.165, 1.54) is 11.0 Å². The molecule has 0 spiro atoms. The van der Waals surface area contributed by atoms with Gasteiger partial charge in [0.1, 0.15) is 11.5 Å². The number of fused-ring (bicyclic) bond motifs is 4. The summed E-state index contributed by atoms with van der Waals surface area (Å²) in [6.45, 7) is 2.31. The van der Waals surface area contributed by atoms with Gasteiger partial charge >= 0.3 is 0 Å². The van der Waals surface area contributed by atoms with Crippen LogP contribution in [0, 0.1) is 24.4 Å². The predicted octanol–water partition coefficient (Wildman–Crippen LogP) is 3.65. The molecule has 1 atom stereocenters. The molecule has 2 aromatic heterocycles. The number of amides is 1. The molecule has 0 saturated heterocycles. The Morgan fingerprint density at radius 1 is 1.00 bits per heavy atom. The Kier molecular flexibility index (Phi) is 4.59. The van der Waals surface area contributed by atoms with E-state index < -0.39 is 23.2 Å². The molecule has 1 aliphatic rings. The number of aromatic nitrogens is 2. The maximum atomic E-state index is 14.1. The predicted molar refractivity (Wildman–Crippen MR) is 114 cm³/mol. The Labute approximate surface area is 180 Å². The molecule has 0 bridgehead atoms. The first-order valence-corrected chi connectivity index (χ1v) is 10.1.